The molecule has 2 nitrogen and oxygen atoms in total. The van der Waals surface area contributed by atoms with Crippen molar-refractivity contribution < 1.29 is 0 Å². The number of hydrogen-bond donors (Lipinski definition) is 2. The highest BCUT2D eigenvalue weighted by atomic mass is 14.7. The van der Waals surface area contributed by atoms with Crippen LogP contribution in [-0.4, -0.2) is 5.84 Å². The lowest BCUT2D eigenvalue weighted by molar-refractivity contribution is 1.13. The molecule has 1 aromatic carbocycles. The van der Waals surface area contributed by atoms with Gasteiger partial charge >= 0.3 is 0 Å². The summed E-state index contributed by atoms with van der Waals surface area (Å²) in [4.78, 5) is 0. The first-order valence-corrected chi connectivity index (χ1v) is 4.22. The first-order chi connectivity index (χ1) is 5.77. The van der Waals surface area contributed by atoms with Crippen LogP contribution >= 0.6 is 0 Å². The second-order valence-corrected chi connectivity index (χ2v) is 3.31. The normalized spacial score (nSPS) is 16.0. The molecule has 1 saturated carbocycles. The van der Waals surface area contributed by atoms with E-state index >= 15 is 0 Å². The molecular weight excluding hydrogens is 148 g/mol. The van der Waals surface area contributed by atoms with Crippen molar-refractivity contribution in [2.75, 3.05) is 0 Å². The van der Waals surface area contributed by atoms with Gasteiger partial charge in [-0.3, -0.25) is 5.41 Å². The maximum atomic E-state index is 7.27. The molecule has 0 saturated heterocycles. The van der Waals surface area contributed by atoms with Gasteiger partial charge in [0.1, 0.15) is 5.84 Å². The Hall–Kier alpha value is -1.31. The molecule has 2 rings (SSSR count). The molecule has 0 bridgehead atoms. The van der Waals surface area contributed by atoms with Gasteiger partial charge < -0.3 is 5.73 Å². The summed E-state index contributed by atoms with van der Waals surface area (Å²) >= 11 is 0. The van der Waals surface area contributed by atoms with Crippen molar-refractivity contribution in [3.05, 3.63) is 35.4 Å². The van der Waals surface area contributed by atoms with Crippen molar-refractivity contribution in [3.63, 3.8) is 0 Å². The number of nitrogens with one attached hydrogen (secondary N) is 1. The van der Waals surface area contributed by atoms with Crippen molar-refractivity contribution in [2.45, 2.75) is 18.8 Å². The monoisotopic (exact) mass is 160 g/mol. The summed E-state index contributed by atoms with van der Waals surface area (Å²) in [5, 5.41) is 7.27. The van der Waals surface area contributed by atoms with Crippen LogP contribution in [0.3, 0.4) is 0 Å². The first-order valence-electron chi connectivity index (χ1n) is 4.22. The van der Waals surface area contributed by atoms with Gasteiger partial charge in [0.2, 0.25) is 0 Å². The van der Waals surface area contributed by atoms with E-state index in [-0.39, 0.29) is 5.84 Å². The smallest absolute Gasteiger partial charge is 0.122 e. The lowest BCUT2D eigenvalue weighted by atomic mass is 10.1. The van der Waals surface area contributed by atoms with Gasteiger partial charge in [-0.2, -0.15) is 0 Å². The molecule has 0 unspecified atom stereocenters. The van der Waals surface area contributed by atoms with Crippen LogP contribution in [0.1, 0.15) is 29.9 Å². The second kappa shape index (κ2) is 2.63. The maximum absolute atomic E-state index is 7.27. The van der Waals surface area contributed by atoms with Crippen molar-refractivity contribution in [3.8, 4) is 0 Å². The summed E-state index contributed by atoms with van der Waals surface area (Å²) in [6, 6.07) is 8.00. The van der Waals surface area contributed by atoms with Crippen LogP contribution in [0.25, 0.3) is 0 Å². The molecule has 12 heavy (non-hydrogen) atoms. The van der Waals surface area contributed by atoms with Crippen molar-refractivity contribution in [2.24, 2.45) is 5.73 Å². The molecule has 3 N–H and O–H groups in total. The minimum Gasteiger partial charge on any atom is -0.384 e. The molecule has 1 fully saturated rings. The maximum Gasteiger partial charge on any atom is 0.122 e. The fraction of sp³-hybridized carbons (Fsp3) is 0.300. The second-order valence-electron chi connectivity index (χ2n) is 3.31. The number of nitrogens with two attached hydrogens (primary N) is 1. The summed E-state index contributed by atoms with van der Waals surface area (Å²) in [7, 11) is 0. The molecule has 0 spiro atoms. The number of rotatable bonds is 2. The SMILES string of the molecule is N=C(N)c1cccc(C2CC2)c1. The zero-order valence-electron chi connectivity index (χ0n) is 6.88. The Balaban J connectivity index is 2.32. The standard InChI is InChI=1S/C10H12N2/c11-10(12)9-3-1-2-8(6-9)7-4-5-7/h1-3,6-7H,4-5H2,(H3,11,12). The molecule has 1 aromatic rings. The minimum atomic E-state index is 0.164. The van der Waals surface area contributed by atoms with Gasteiger partial charge in [-0.05, 0) is 30.4 Å². The predicted molar refractivity (Wildman–Crippen MR) is 49.4 cm³/mol. The first kappa shape index (κ1) is 7.35. The number of benzene rings is 1. The van der Waals surface area contributed by atoms with Gasteiger partial charge in [-0.15, -0.1) is 0 Å². The van der Waals surface area contributed by atoms with Gasteiger partial charge in [0.05, 0.1) is 0 Å². The lowest BCUT2D eigenvalue weighted by Gasteiger charge is -2.01. The fourth-order valence-corrected chi connectivity index (χ4v) is 1.38. The zero-order chi connectivity index (χ0) is 8.55. The largest absolute Gasteiger partial charge is 0.384 e. The van der Waals surface area contributed by atoms with Gasteiger partial charge in [0.15, 0.2) is 0 Å². The zero-order valence-corrected chi connectivity index (χ0v) is 6.88. The number of nitrogen functional groups attached to an aromatic ring is 1. The summed E-state index contributed by atoms with van der Waals surface area (Å²) < 4.78 is 0. The van der Waals surface area contributed by atoms with Crippen molar-refractivity contribution >= 4 is 5.84 Å². The fourth-order valence-electron chi connectivity index (χ4n) is 1.38. The quantitative estimate of drug-likeness (QED) is 0.503. The summed E-state index contributed by atoms with van der Waals surface area (Å²) in [6.07, 6.45) is 2.59. The Morgan fingerprint density at radius 2 is 2.17 bits per heavy atom. The Labute approximate surface area is 71.9 Å². The molecular formula is C10H12N2. The number of amidine groups is 1. The van der Waals surface area contributed by atoms with E-state index in [0.717, 1.165) is 11.5 Å². The third kappa shape index (κ3) is 1.33. The molecule has 0 radical (unpaired) electrons. The third-order valence-electron chi connectivity index (χ3n) is 2.25. The third-order valence-corrected chi connectivity index (χ3v) is 2.25. The van der Waals surface area contributed by atoms with Crippen LogP contribution in [0.5, 0.6) is 0 Å². The van der Waals surface area contributed by atoms with E-state index in [1.165, 1.54) is 18.4 Å². The molecule has 1 aliphatic carbocycles. The van der Waals surface area contributed by atoms with Crippen molar-refractivity contribution in [1.29, 1.82) is 5.41 Å². The molecule has 0 amide bonds. The van der Waals surface area contributed by atoms with E-state index < -0.39 is 0 Å². The molecule has 0 heterocycles. The molecule has 2 heteroatoms. The van der Waals surface area contributed by atoms with E-state index in [1.54, 1.807) is 0 Å². The topological polar surface area (TPSA) is 49.9 Å². The predicted octanol–water partition coefficient (Wildman–Crippen LogP) is 1.85. The van der Waals surface area contributed by atoms with Crippen LogP contribution in [0.15, 0.2) is 24.3 Å². The summed E-state index contributed by atoms with van der Waals surface area (Å²) in [6.45, 7) is 0. The molecule has 62 valence electrons. The summed E-state index contributed by atoms with van der Waals surface area (Å²) in [5.74, 6) is 0.904. The molecule has 0 aromatic heterocycles. The van der Waals surface area contributed by atoms with E-state index in [0.29, 0.717) is 0 Å². The van der Waals surface area contributed by atoms with Crippen LogP contribution in [0.2, 0.25) is 0 Å². The minimum absolute atomic E-state index is 0.164. The van der Waals surface area contributed by atoms with Gasteiger partial charge in [0.25, 0.3) is 0 Å². The van der Waals surface area contributed by atoms with E-state index in [1.807, 2.05) is 18.2 Å². The molecule has 1 aliphatic rings. The number of hydrogen-bond acceptors (Lipinski definition) is 1. The average Bonchev–Trinajstić information content (AvgIpc) is 2.87. The highest BCUT2D eigenvalue weighted by Crippen LogP contribution is 2.40. The van der Waals surface area contributed by atoms with E-state index in [2.05, 4.69) is 6.07 Å². The molecule has 0 aliphatic heterocycles. The highest BCUT2D eigenvalue weighted by Gasteiger charge is 2.23. The Kier molecular flexibility index (Phi) is 1.61. The molecule has 0 atom stereocenters. The van der Waals surface area contributed by atoms with Crippen LogP contribution in [0.4, 0.5) is 0 Å². The van der Waals surface area contributed by atoms with Crippen molar-refractivity contribution in [1.82, 2.24) is 0 Å². The van der Waals surface area contributed by atoms with E-state index in [9.17, 15) is 0 Å². The Morgan fingerprint density at radius 1 is 1.42 bits per heavy atom. The Bertz CT molecular complexity index is 313. The van der Waals surface area contributed by atoms with Crippen LogP contribution in [-0.2, 0) is 0 Å². The summed E-state index contributed by atoms with van der Waals surface area (Å²) in [5.41, 5.74) is 7.57. The lowest BCUT2D eigenvalue weighted by Crippen LogP contribution is -2.10. The van der Waals surface area contributed by atoms with E-state index in [4.69, 9.17) is 11.1 Å². The van der Waals surface area contributed by atoms with Gasteiger partial charge in [-0.25, -0.2) is 0 Å². The van der Waals surface area contributed by atoms with Gasteiger partial charge in [-0.1, -0.05) is 18.2 Å². The van der Waals surface area contributed by atoms with Gasteiger partial charge in [0, 0.05) is 5.56 Å². The Morgan fingerprint density at radius 3 is 2.75 bits per heavy atom. The van der Waals surface area contributed by atoms with Crippen LogP contribution < -0.4 is 5.73 Å². The van der Waals surface area contributed by atoms with Crippen LogP contribution in [0, 0.1) is 5.41 Å². The highest BCUT2D eigenvalue weighted by molar-refractivity contribution is 5.95. The average molecular weight is 160 g/mol.